The fourth-order valence-electron chi connectivity index (χ4n) is 1.30. The molecule has 0 aliphatic rings. The lowest BCUT2D eigenvalue weighted by Crippen LogP contribution is -2.18. The van der Waals surface area contributed by atoms with Gasteiger partial charge >= 0.3 is 11.9 Å². The summed E-state index contributed by atoms with van der Waals surface area (Å²) in [5.74, 6) is -1.33. The Morgan fingerprint density at radius 1 is 1.11 bits per heavy atom. The van der Waals surface area contributed by atoms with Crippen LogP contribution < -0.4 is 0 Å². The monoisotopic (exact) mass is 256 g/mol. The van der Waals surface area contributed by atoms with Gasteiger partial charge in [0.15, 0.2) is 0 Å². The highest BCUT2D eigenvalue weighted by atomic mass is 16.6. The maximum atomic E-state index is 11.8. The van der Waals surface area contributed by atoms with Crippen LogP contribution in [0.25, 0.3) is 0 Å². The maximum Gasteiger partial charge on any atom is 0.374 e. The quantitative estimate of drug-likeness (QED) is 0.287. The van der Waals surface area contributed by atoms with Crippen molar-refractivity contribution in [1.82, 2.24) is 0 Å². The number of methoxy groups -OCH3 is 1. The van der Waals surface area contributed by atoms with Crippen LogP contribution in [-0.2, 0) is 23.8 Å². The molecule has 0 unspecified atom stereocenters. The van der Waals surface area contributed by atoms with E-state index in [9.17, 15) is 9.59 Å². The SMILES string of the molecule is C=CCC/C(C(=O)OCC)=C(\OC)C(=O)OCC. The number of allylic oxidation sites excluding steroid dienone is 1. The molecule has 0 atom stereocenters. The Hall–Kier alpha value is -1.78. The van der Waals surface area contributed by atoms with Crippen molar-refractivity contribution in [3.05, 3.63) is 24.0 Å². The Labute approximate surface area is 107 Å². The van der Waals surface area contributed by atoms with Crippen LogP contribution in [0.3, 0.4) is 0 Å². The number of ether oxygens (including phenoxy) is 3. The highest BCUT2D eigenvalue weighted by Gasteiger charge is 2.23. The molecule has 0 heterocycles. The lowest BCUT2D eigenvalue weighted by molar-refractivity contribution is -0.145. The largest absolute Gasteiger partial charge is 0.489 e. The Balaban J connectivity index is 5.21. The molecule has 0 aromatic rings. The van der Waals surface area contributed by atoms with Gasteiger partial charge in [-0.25, -0.2) is 9.59 Å². The van der Waals surface area contributed by atoms with Crippen LogP contribution >= 0.6 is 0 Å². The lowest BCUT2D eigenvalue weighted by atomic mass is 10.1. The Bertz CT molecular complexity index is 330. The molecule has 0 N–H and O–H groups in total. The maximum absolute atomic E-state index is 11.8. The van der Waals surface area contributed by atoms with E-state index in [4.69, 9.17) is 14.2 Å². The second-order valence-corrected chi connectivity index (χ2v) is 3.28. The van der Waals surface area contributed by atoms with Crippen molar-refractivity contribution >= 4 is 11.9 Å². The summed E-state index contributed by atoms with van der Waals surface area (Å²) in [6, 6.07) is 0. The van der Waals surface area contributed by atoms with E-state index in [0.717, 1.165) is 0 Å². The van der Waals surface area contributed by atoms with Crippen molar-refractivity contribution < 1.29 is 23.8 Å². The molecule has 5 heteroatoms. The van der Waals surface area contributed by atoms with E-state index in [1.165, 1.54) is 7.11 Å². The zero-order valence-corrected chi connectivity index (χ0v) is 11.2. The Morgan fingerprint density at radius 3 is 2.11 bits per heavy atom. The predicted molar refractivity (Wildman–Crippen MR) is 66.7 cm³/mol. The Morgan fingerprint density at radius 2 is 1.67 bits per heavy atom. The van der Waals surface area contributed by atoms with Gasteiger partial charge in [0.25, 0.3) is 0 Å². The van der Waals surface area contributed by atoms with Crippen LogP contribution in [0.15, 0.2) is 24.0 Å². The van der Waals surface area contributed by atoms with Gasteiger partial charge in [-0.15, -0.1) is 6.58 Å². The van der Waals surface area contributed by atoms with E-state index in [0.29, 0.717) is 12.8 Å². The summed E-state index contributed by atoms with van der Waals surface area (Å²) in [5, 5.41) is 0. The molecule has 0 aliphatic heterocycles. The van der Waals surface area contributed by atoms with Gasteiger partial charge < -0.3 is 14.2 Å². The normalized spacial score (nSPS) is 11.3. The van der Waals surface area contributed by atoms with Gasteiger partial charge in [0.1, 0.15) is 0 Å². The number of hydrogen-bond donors (Lipinski definition) is 0. The molecule has 0 aromatic heterocycles. The van der Waals surface area contributed by atoms with Gasteiger partial charge in [0, 0.05) is 0 Å². The van der Waals surface area contributed by atoms with Crippen LogP contribution in [0.5, 0.6) is 0 Å². The summed E-state index contributed by atoms with van der Waals surface area (Å²) in [4.78, 5) is 23.4. The molecule has 0 rings (SSSR count). The fraction of sp³-hybridized carbons (Fsp3) is 0.538. The molecule has 18 heavy (non-hydrogen) atoms. The predicted octanol–water partition coefficient (Wildman–Crippen LogP) is 1.98. The first-order chi connectivity index (χ1) is 8.62. The summed E-state index contributed by atoms with van der Waals surface area (Å²) in [6.45, 7) is 7.39. The van der Waals surface area contributed by atoms with Gasteiger partial charge in [-0.05, 0) is 26.7 Å². The van der Waals surface area contributed by atoms with Gasteiger partial charge in [0.05, 0.1) is 25.9 Å². The zero-order chi connectivity index (χ0) is 14.0. The van der Waals surface area contributed by atoms with Gasteiger partial charge in [0.2, 0.25) is 5.76 Å². The minimum absolute atomic E-state index is 0.0999. The van der Waals surface area contributed by atoms with Crippen molar-refractivity contribution in [3.8, 4) is 0 Å². The molecule has 102 valence electrons. The molecule has 0 saturated heterocycles. The molecule has 0 spiro atoms. The summed E-state index contributed by atoms with van der Waals surface area (Å²) in [7, 11) is 1.32. The van der Waals surface area contributed by atoms with Crippen molar-refractivity contribution in [2.75, 3.05) is 20.3 Å². The summed E-state index contributed by atoms with van der Waals surface area (Å²) in [5.41, 5.74) is 0.178. The summed E-state index contributed by atoms with van der Waals surface area (Å²) in [6.07, 6.45) is 2.52. The molecule has 0 fully saturated rings. The van der Waals surface area contributed by atoms with E-state index in [2.05, 4.69) is 6.58 Å². The number of hydrogen-bond acceptors (Lipinski definition) is 5. The molecule has 0 aliphatic carbocycles. The fourth-order valence-corrected chi connectivity index (χ4v) is 1.30. The van der Waals surface area contributed by atoms with Gasteiger partial charge in [-0.1, -0.05) is 6.08 Å². The Kier molecular flexibility index (Phi) is 8.35. The third-order valence-corrected chi connectivity index (χ3v) is 2.06. The first-order valence-corrected chi connectivity index (χ1v) is 5.84. The van der Waals surface area contributed by atoms with E-state index >= 15 is 0 Å². The molecule has 0 saturated carbocycles. The molecule has 0 aromatic carbocycles. The standard InChI is InChI=1S/C13H20O5/c1-5-8-9-10(12(14)17-6-2)11(16-4)13(15)18-7-3/h5H,1,6-9H2,2-4H3/b11-10+. The topological polar surface area (TPSA) is 61.8 Å². The molecular weight excluding hydrogens is 236 g/mol. The average molecular weight is 256 g/mol. The lowest BCUT2D eigenvalue weighted by Gasteiger charge is -2.11. The number of esters is 2. The van der Waals surface area contributed by atoms with Crippen molar-refractivity contribution in [3.63, 3.8) is 0 Å². The van der Waals surface area contributed by atoms with Crippen LogP contribution in [0.2, 0.25) is 0 Å². The number of carbonyl (C=O) groups is 2. The molecular formula is C13H20O5. The van der Waals surface area contributed by atoms with Crippen LogP contribution in [0, 0.1) is 0 Å². The van der Waals surface area contributed by atoms with E-state index in [-0.39, 0.29) is 24.5 Å². The zero-order valence-electron chi connectivity index (χ0n) is 11.2. The summed E-state index contributed by atoms with van der Waals surface area (Å²) < 4.78 is 14.7. The molecule has 0 amide bonds. The minimum Gasteiger partial charge on any atom is -0.489 e. The number of carbonyl (C=O) groups excluding carboxylic acids is 2. The third kappa shape index (κ3) is 5.03. The van der Waals surface area contributed by atoms with Crippen molar-refractivity contribution in [2.45, 2.75) is 26.7 Å². The van der Waals surface area contributed by atoms with E-state index in [1.54, 1.807) is 19.9 Å². The molecule has 0 radical (unpaired) electrons. The van der Waals surface area contributed by atoms with Crippen LogP contribution in [0.1, 0.15) is 26.7 Å². The van der Waals surface area contributed by atoms with E-state index in [1.807, 2.05) is 0 Å². The smallest absolute Gasteiger partial charge is 0.374 e. The first-order valence-electron chi connectivity index (χ1n) is 5.84. The molecule has 0 bridgehead atoms. The second kappa shape index (κ2) is 9.27. The van der Waals surface area contributed by atoms with E-state index < -0.39 is 11.9 Å². The summed E-state index contributed by atoms with van der Waals surface area (Å²) >= 11 is 0. The third-order valence-electron chi connectivity index (χ3n) is 2.06. The molecule has 5 nitrogen and oxygen atoms in total. The van der Waals surface area contributed by atoms with Crippen molar-refractivity contribution in [2.24, 2.45) is 0 Å². The van der Waals surface area contributed by atoms with Crippen LogP contribution in [-0.4, -0.2) is 32.3 Å². The van der Waals surface area contributed by atoms with Crippen LogP contribution in [0.4, 0.5) is 0 Å². The minimum atomic E-state index is -0.660. The average Bonchev–Trinajstić information content (AvgIpc) is 2.34. The van der Waals surface area contributed by atoms with Gasteiger partial charge in [-0.3, -0.25) is 0 Å². The second-order valence-electron chi connectivity index (χ2n) is 3.28. The highest BCUT2D eigenvalue weighted by molar-refractivity contribution is 5.99. The highest BCUT2D eigenvalue weighted by Crippen LogP contribution is 2.16. The number of rotatable bonds is 8. The first kappa shape index (κ1) is 16.2. The van der Waals surface area contributed by atoms with Gasteiger partial charge in [-0.2, -0.15) is 0 Å². The van der Waals surface area contributed by atoms with Crippen molar-refractivity contribution in [1.29, 1.82) is 0 Å².